The van der Waals surface area contributed by atoms with Crippen LogP contribution in [0.3, 0.4) is 0 Å². The Morgan fingerprint density at radius 3 is 2.18 bits per heavy atom. The average Bonchev–Trinajstić information content (AvgIpc) is 3.08. The van der Waals surface area contributed by atoms with Crippen molar-refractivity contribution in [3.05, 3.63) is 35.4 Å². The molecule has 0 spiro atoms. The fourth-order valence-electron chi connectivity index (χ4n) is 2.24. The van der Waals surface area contributed by atoms with Crippen LogP contribution in [-0.4, -0.2) is 21.2 Å². The minimum atomic E-state index is -3.01. The van der Waals surface area contributed by atoms with Crippen molar-refractivity contribution in [2.24, 2.45) is 5.73 Å². The molecule has 1 aromatic carbocycles. The molecular weight excluding hydrogens is 234 g/mol. The molecule has 0 aromatic heterocycles. The third kappa shape index (κ3) is 2.11. The van der Waals surface area contributed by atoms with Crippen molar-refractivity contribution in [1.82, 2.24) is 0 Å². The van der Waals surface area contributed by atoms with Crippen molar-refractivity contribution >= 4 is 9.84 Å². The van der Waals surface area contributed by atoms with E-state index in [0.29, 0.717) is 12.5 Å². The van der Waals surface area contributed by atoms with Crippen LogP contribution in [0.4, 0.5) is 0 Å². The summed E-state index contributed by atoms with van der Waals surface area (Å²) >= 11 is 0. The summed E-state index contributed by atoms with van der Waals surface area (Å²) in [5.74, 6) is 0.317. The summed E-state index contributed by atoms with van der Waals surface area (Å²) < 4.78 is 22.9. The topological polar surface area (TPSA) is 60.2 Å². The summed E-state index contributed by atoms with van der Waals surface area (Å²) in [6, 6.07) is 7.88. The predicted octanol–water partition coefficient (Wildman–Crippen LogP) is 1.78. The number of nitrogens with two attached hydrogens (primary N) is 1. The summed E-state index contributed by atoms with van der Waals surface area (Å²) in [6.45, 7) is 2.68. The molecular formula is C13H19NO2S. The molecule has 0 radical (unpaired) electrons. The second-order valence-electron chi connectivity index (χ2n) is 5.03. The van der Waals surface area contributed by atoms with Gasteiger partial charge in [0, 0.05) is 6.26 Å². The first kappa shape index (κ1) is 12.6. The molecule has 0 aliphatic heterocycles. The Morgan fingerprint density at radius 2 is 1.82 bits per heavy atom. The van der Waals surface area contributed by atoms with Crippen molar-refractivity contribution in [2.75, 3.05) is 12.8 Å². The van der Waals surface area contributed by atoms with Gasteiger partial charge < -0.3 is 5.73 Å². The normalized spacial score (nSPS) is 19.9. The lowest BCUT2D eigenvalue weighted by Gasteiger charge is -2.15. The molecule has 2 rings (SSSR count). The van der Waals surface area contributed by atoms with Crippen LogP contribution in [0.2, 0.25) is 0 Å². The third-order valence-electron chi connectivity index (χ3n) is 3.77. The van der Waals surface area contributed by atoms with Crippen LogP contribution in [0.15, 0.2) is 24.3 Å². The van der Waals surface area contributed by atoms with Gasteiger partial charge in [-0.25, -0.2) is 8.42 Å². The van der Waals surface area contributed by atoms with Crippen molar-refractivity contribution in [1.29, 1.82) is 0 Å². The Bertz CT molecular complexity index is 501. The first-order valence-corrected chi connectivity index (χ1v) is 7.80. The number of hydrogen-bond donors (Lipinski definition) is 1. The lowest BCUT2D eigenvalue weighted by atomic mass is 9.99. The van der Waals surface area contributed by atoms with E-state index in [1.54, 1.807) is 0 Å². The third-order valence-corrected chi connectivity index (χ3v) is 5.84. The van der Waals surface area contributed by atoms with Crippen LogP contribution < -0.4 is 5.73 Å². The van der Waals surface area contributed by atoms with Crippen LogP contribution in [0, 0.1) is 0 Å². The maximum Gasteiger partial charge on any atom is 0.157 e. The molecule has 1 atom stereocenters. The minimum Gasteiger partial charge on any atom is -0.330 e. The van der Waals surface area contributed by atoms with E-state index in [-0.39, 0.29) is 0 Å². The van der Waals surface area contributed by atoms with Crippen LogP contribution >= 0.6 is 0 Å². The maximum absolute atomic E-state index is 11.8. The van der Waals surface area contributed by atoms with Crippen molar-refractivity contribution in [3.63, 3.8) is 0 Å². The van der Waals surface area contributed by atoms with Gasteiger partial charge in [-0.05, 0) is 36.4 Å². The quantitative estimate of drug-likeness (QED) is 0.889. The van der Waals surface area contributed by atoms with Gasteiger partial charge in [0.15, 0.2) is 9.84 Å². The van der Waals surface area contributed by atoms with Gasteiger partial charge in [0.25, 0.3) is 0 Å². The predicted molar refractivity (Wildman–Crippen MR) is 69.7 cm³/mol. The molecule has 2 N–H and O–H groups in total. The van der Waals surface area contributed by atoms with Crippen molar-refractivity contribution in [2.45, 2.75) is 30.4 Å². The molecule has 0 saturated heterocycles. The highest BCUT2D eigenvalue weighted by atomic mass is 32.2. The first-order valence-electron chi connectivity index (χ1n) is 5.91. The van der Waals surface area contributed by atoms with E-state index in [4.69, 9.17) is 5.73 Å². The lowest BCUT2D eigenvalue weighted by Crippen LogP contribution is -2.19. The Morgan fingerprint density at radius 1 is 1.29 bits per heavy atom. The van der Waals surface area contributed by atoms with Gasteiger partial charge in [-0.3, -0.25) is 0 Å². The first-order chi connectivity index (χ1) is 7.90. The summed E-state index contributed by atoms with van der Waals surface area (Å²) in [4.78, 5) is 0. The number of rotatable bonds is 4. The fourth-order valence-corrected chi connectivity index (χ4v) is 3.65. The van der Waals surface area contributed by atoms with E-state index in [0.717, 1.165) is 18.4 Å². The second kappa shape index (κ2) is 4.10. The highest BCUT2D eigenvalue weighted by Crippen LogP contribution is 2.52. The molecule has 1 fully saturated rings. The molecule has 0 bridgehead atoms. The molecule has 94 valence electrons. The average molecular weight is 253 g/mol. The van der Waals surface area contributed by atoms with Gasteiger partial charge in [-0.1, -0.05) is 31.2 Å². The Balaban J connectivity index is 2.31. The zero-order chi connectivity index (χ0) is 12.7. The molecule has 17 heavy (non-hydrogen) atoms. The molecule has 3 nitrogen and oxygen atoms in total. The number of sulfone groups is 1. The smallest absolute Gasteiger partial charge is 0.157 e. The monoisotopic (exact) mass is 253 g/mol. The van der Waals surface area contributed by atoms with E-state index < -0.39 is 14.6 Å². The van der Waals surface area contributed by atoms with Crippen molar-refractivity contribution < 1.29 is 8.42 Å². The van der Waals surface area contributed by atoms with Crippen molar-refractivity contribution in [3.8, 4) is 0 Å². The van der Waals surface area contributed by atoms with Gasteiger partial charge in [0.1, 0.15) is 0 Å². The van der Waals surface area contributed by atoms with E-state index in [2.05, 4.69) is 6.92 Å². The van der Waals surface area contributed by atoms with Gasteiger partial charge in [-0.15, -0.1) is 0 Å². The summed E-state index contributed by atoms with van der Waals surface area (Å²) in [5.41, 5.74) is 7.70. The second-order valence-corrected chi connectivity index (χ2v) is 7.35. The molecule has 1 unspecified atom stereocenters. The Labute approximate surface area is 103 Å². The standard InChI is InChI=1S/C13H19NO2S/c1-10(9-14)11-3-5-12(6-4-11)13(7-8-13)17(2,15)16/h3-6,10H,7-9,14H2,1-2H3. The highest BCUT2D eigenvalue weighted by molar-refractivity contribution is 7.92. The van der Waals surface area contributed by atoms with E-state index in [9.17, 15) is 8.42 Å². The highest BCUT2D eigenvalue weighted by Gasteiger charge is 2.53. The van der Waals surface area contributed by atoms with Gasteiger partial charge in [0.05, 0.1) is 4.75 Å². The van der Waals surface area contributed by atoms with Gasteiger partial charge in [-0.2, -0.15) is 0 Å². The zero-order valence-electron chi connectivity index (χ0n) is 10.3. The minimum absolute atomic E-state index is 0.317. The summed E-state index contributed by atoms with van der Waals surface area (Å²) in [7, 11) is -3.01. The number of benzene rings is 1. The molecule has 0 amide bonds. The summed E-state index contributed by atoms with van der Waals surface area (Å²) in [5, 5.41) is 0. The zero-order valence-corrected chi connectivity index (χ0v) is 11.1. The lowest BCUT2D eigenvalue weighted by molar-refractivity contribution is 0.586. The molecule has 1 saturated carbocycles. The SMILES string of the molecule is CC(CN)c1ccc(C2(S(C)(=O)=O)CC2)cc1. The van der Waals surface area contributed by atoms with E-state index in [1.807, 2.05) is 24.3 Å². The summed E-state index contributed by atoms with van der Waals surface area (Å²) in [6.07, 6.45) is 2.83. The molecule has 1 aromatic rings. The number of hydrogen-bond acceptors (Lipinski definition) is 3. The Hall–Kier alpha value is -0.870. The molecule has 4 heteroatoms. The molecule has 0 heterocycles. The maximum atomic E-state index is 11.8. The van der Waals surface area contributed by atoms with E-state index >= 15 is 0 Å². The van der Waals surface area contributed by atoms with Gasteiger partial charge in [0.2, 0.25) is 0 Å². The molecule has 1 aliphatic rings. The van der Waals surface area contributed by atoms with Crippen LogP contribution in [0.5, 0.6) is 0 Å². The van der Waals surface area contributed by atoms with E-state index in [1.165, 1.54) is 11.8 Å². The molecule has 1 aliphatic carbocycles. The van der Waals surface area contributed by atoms with Crippen LogP contribution in [0.25, 0.3) is 0 Å². The van der Waals surface area contributed by atoms with Crippen LogP contribution in [-0.2, 0) is 14.6 Å². The van der Waals surface area contributed by atoms with Gasteiger partial charge >= 0.3 is 0 Å². The fraction of sp³-hybridized carbons (Fsp3) is 0.538. The Kier molecular flexibility index (Phi) is 3.04. The van der Waals surface area contributed by atoms with Crippen LogP contribution in [0.1, 0.15) is 36.8 Å². The largest absolute Gasteiger partial charge is 0.330 e.